The third-order valence-electron chi connectivity index (χ3n) is 11.7. The molecular weight excluding hydrogens is 771 g/mol. The lowest BCUT2D eigenvalue weighted by Gasteiger charge is -2.12. The molecule has 6 nitrogen and oxygen atoms in total. The zero-order valence-electron chi connectivity index (χ0n) is 33.9. The largest absolute Gasteiger partial charge is 0.455 e. The first-order valence-corrected chi connectivity index (χ1v) is 21.0. The maximum Gasteiger partial charge on any atom is 0.164 e. The number of furan rings is 1. The van der Waals surface area contributed by atoms with E-state index in [9.17, 15) is 0 Å². The summed E-state index contributed by atoms with van der Waals surface area (Å²) in [6.07, 6.45) is 0. The first kappa shape index (κ1) is 36.3. The van der Waals surface area contributed by atoms with Crippen LogP contribution in [0.4, 0.5) is 0 Å². The number of hydrogen-bond donors (Lipinski definition) is 0. The van der Waals surface area contributed by atoms with Crippen molar-refractivity contribution in [3.63, 3.8) is 0 Å². The molecule has 0 N–H and O–H groups in total. The first-order valence-electron chi connectivity index (χ1n) is 21.0. The van der Waals surface area contributed by atoms with Crippen molar-refractivity contribution in [3.8, 4) is 79.2 Å². The second kappa shape index (κ2) is 15.1. The Hall–Kier alpha value is -8.61. The average molecular weight is 806 g/mol. The second-order valence-electron chi connectivity index (χ2n) is 15.7. The molecule has 63 heavy (non-hydrogen) atoms. The molecule has 0 amide bonds. The van der Waals surface area contributed by atoms with E-state index < -0.39 is 0 Å². The molecule has 0 bridgehead atoms. The predicted octanol–water partition coefficient (Wildman–Crippen LogP) is 14.5. The molecule has 0 atom stereocenters. The van der Waals surface area contributed by atoms with Gasteiger partial charge < -0.3 is 4.42 Å². The van der Waals surface area contributed by atoms with E-state index in [1.807, 2.05) is 60.7 Å². The van der Waals surface area contributed by atoms with Crippen molar-refractivity contribution < 1.29 is 4.42 Å². The van der Waals surface area contributed by atoms with Crippen LogP contribution in [0.5, 0.6) is 0 Å². The molecule has 0 spiro atoms. The number of nitrogens with zero attached hydrogens (tertiary/aromatic N) is 5. The number of aromatic nitrogens is 5. The highest BCUT2D eigenvalue weighted by molar-refractivity contribution is 6.15. The number of fused-ring (bicyclic) bond motifs is 6. The highest BCUT2D eigenvalue weighted by Crippen LogP contribution is 2.37. The van der Waals surface area contributed by atoms with Gasteiger partial charge in [0.25, 0.3) is 0 Å². The molecule has 0 saturated heterocycles. The maximum absolute atomic E-state index is 6.56. The van der Waals surface area contributed by atoms with Crippen molar-refractivity contribution in [2.45, 2.75) is 0 Å². The summed E-state index contributed by atoms with van der Waals surface area (Å²) in [5.41, 5.74) is 11.1. The van der Waals surface area contributed by atoms with Crippen molar-refractivity contribution in [3.05, 3.63) is 212 Å². The van der Waals surface area contributed by atoms with Gasteiger partial charge in [-0.3, -0.25) is 0 Å². The summed E-state index contributed by atoms with van der Waals surface area (Å²) in [5.74, 6) is 2.42. The lowest BCUT2D eigenvalue weighted by molar-refractivity contribution is 0.673. The van der Waals surface area contributed by atoms with Crippen LogP contribution < -0.4 is 0 Å². The van der Waals surface area contributed by atoms with Gasteiger partial charge in [-0.25, -0.2) is 24.9 Å². The third-order valence-corrected chi connectivity index (χ3v) is 11.7. The molecule has 0 radical (unpaired) electrons. The fourth-order valence-corrected chi connectivity index (χ4v) is 8.59. The minimum Gasteiger partial charge on any atom is -0.455 e. The minimum absolute atomic E-state index is 0.568. The van der Waals surface area contributed by atoms with Gasteiger partial charge in [0.1, 0.15) is 11.2 Å². The monoisotopic (exact) mass is 805 g/mol. The highest BCUT2D eigenvalue weighted by Gasteiger charge is 2.17. The minimum atomic E-state index is 0.568. The van der Waals surface area contributed by atoms with E-state index in [1.165, 1.54) is 5.39 Å². The van der Waals surface area contributed by atoms with Crippen molar-refractivity contribution in [2.24, 2.45) is 0 Å². The topological polar surface area (TPSA) is 77.6 Å². The SMILES string of the molecule is c1ccc(-c2nc(-c3cccc(-c4cccc(-c5nc(-c6ccccc6)nc(-c6ccc7c(c6)oc6c8ccccc8ccc76)n5)c4)c3)cc(-c3cccc4ccccc34)n2)cc1. The van der Waals surface area contributed by atoms with Gasteiger partial charge in [0.15, 0.2) is 23.3 Å². The third kappa shape index (κ3) is 6.67. The average Bonchev–Trinajstić information content (AvgIpc) is 3.75. The van der Waals surface area contributed by atoms with Crippen LogP contribution in [-0.4, -0.2) is 24.9 Å². The van der Waals surface area contributed by atoms with Gasteiger partial charge in [0.05, 0.1) is 11.4 Å². The fourth-order valence-electron chi connectivity index (χ4n) is 8.59. The predicted molar refractivity (Wildman–Crippen MR) is 256 cm³/mol. The van der Waals surface area contributed by atoms with E-state index in [1.54, 1.807) is 0 Å². The lowest BCUT2D eigenvalue weighted by Crippen LogP contribution is -2.00. The standard InChI is InChI=1S/C57H35N5O/c1-3-16-38(17-4-1)54-58-50(35-51(59-54)47-27-13-20-36-14-7-9-25-45(36)47)42-23-11-21-40(32-42)41-22-12-24-43(33-41)56-60-55(39-18-5-2-6-19-39)61-57(62-56)44-29-30-48-49-31-28-37-15-8-10-26-46(37)53(49)63-52(48)34-44/h1-35H. The number of rotatable bonds is 7. The van der Waals surface area contributed by atoms with E-state index in [0.717, 1.165) is 94.0 Å². The van der Waals surface area contributed by atoms with Gasteiger partial charge in [-0.1, -0.05) is 176 Å². The Morgan fingerprint density at radius 3 is 1.49 bits per heavy atom. The van der Waals surface area contributed by atoms with Crippen LogP contribution in [0, 0.1) is 0 Å². The van der Waals surface area contributed by atoms with Crippen molar-refractivity contribution in [1.82, 2.24) is 24.9 Å². The summed E-state index contributed by atoms with van der Waals surface area (Å²) in [4.78, 5) is 25.5. The molecule has 6 heteroatoms. The Morgan fingerprint density at radius 2 is 0.762 bits per heavy atom. The lowest BCUT2D eigenvalue weighted by atomic mass is 9.98. The van der Waals surface area contributed by atoms with Gasteiger partial charge in [-0.2, -0.15) is 0 Å². The van der Waals surface area contributed by atoms with Crippen LogP contribution in [-0.2, 0) is 0 Å². The summed E-state index contributed by atoms with van der Waals surface area (Å²) < 4.78 is 6.56. The van der Waals surface area contributed by atoms with E-state index in [2.05, 4.69) is 152 Å². The van der Waals surface area contributed by atoms with Crippen molar-refractivity contribution in [1.29, 1.82) is 0 Å². The van der Waals surface area contributed by atoms with Crippen LogP contribution in [0.25, 0.3) is 123 Å². The van der Waals surface area contributed by atoms with E-state index >= 15 is 0 Å². The molecule has 12 rings (SSSR count). The zero-order chi connectivity index (χ0) is 41.7. The van der Waals surface area contributed by atoms with Crippen molar-refractivity contribution in [2.75, 3.05) is 0 Å². The summed E-state index contributed by atoms with van der Waals surface area (Å²) in [5, 5.41) is 6.68. The quantitative estimate of drug-likeness (QED) is 0.160. The van der Waals surface area contributed by atoms with Crippen LogP contribution in [0.2, 0.25) is 0 Å². The van der Waals surface area contributed by atoms with Gasteiger partial charge in [-0.05, 0) is 63.7 Å². The molecule has 294 valence electrons. The summed E-state index contributed by atoms with van der Waals surface area (Å²) in [6.45, 7) is 0. The molecule has 3 heterocycles. The van der Waals surface area contributed by atoms with Crippen LogP contribution >= 0.6 is 0 Å². The molecular formula is C57H35N5O. The molecule has 0 unspecified atom stereocenters. The molecule has 0 aliphatic heterocycles. The molecule has 0 aliphatic carbocycles. The number of benzene rings is 9. The Balaban J connectivity index is 0.953. The molecule has 0 aliphatic rings. The summed E-state index contributed by atoms with van der Waals surface area (Å²) in [6, 6.07) is 72.9. The maximum atomic E-state index is 6.56. The van der Waals surface area contributed by atoms with Crippen LogP contribution in [0.3, 0.4) is 0 Å². The van der Waals surface area contributed by atoms with Gasteiger partial charge >= 0.3 is 0 Å². The van der Waals surface area contributed by atoms with E-state index in [0.29, 0.717) is 23.3 Å². The summed E-state index contributed by atoms with van der Waals surface area (Å²) >= 11 is 0. The van der Waals surface area contributed by atoms with Gasteiger partial charge in [0.2, 0.25) is 0 Å². The van der Waals surface area contributed by atoms with Crippen LogP contribution in [0.15, 0.2) is 217 Å². The zero-order valence-corrected chi connectivity index (χ0v) is 33.9. The Labute approximate surface area is 362 Å². The van der Waals surface area contributed by atoms with E-state index in [-0.39, 0.29) is 0 Å². The van der Waals surface area contributed by atoms with Crippen LogP contribution in [0.1, 0.15) is 0 Å². The second-order valence-corrected chi connectivity index (χ2v) is 15.7. The molecule has 9 aromatic carbocycles. The Kier molecular flexibility index (Phi) is 8.71. The first-order chi connectivity index (χ1) is 31.2. The highest BCUT2D eigenvalue weighted by atomic mass is 16.3. The Bertz CT molecular complexity index is 3690. The van der Waals surface area contributed by atoms with E-state index in [4.69, 9.17) is 29.3 Å². The molecule has 0 fully saturated rings. The molecule has 3 aromatic heterocycles. The smallest absolute Gasteiger partial charge is 0.164 e. The number of hydrogen-bond acceptors (Lipinski definition) is 6. The summed E-state index contributed by atoms with van der Waals surface area (Å²) in [7, 11) is 0. The van der Waals surface area contributed by atoms with Gasteiger partial charge in [0, 0.05) is 49.5 Å². The fraction of sp³-hybridized carbons (Fsp3) is 0. The van der Waals surface area contributed by atoms with Crippen molar-refractivity contribution >= 4 is 43.5 Å². The Morgan fingerprint density at radius 1 is 0.270 bits per heavy atom. The molecule has 12 aromatic rings. The van der Waals surface area contributed by atoms with Gasteiger partial charge in [-0.15, -0.1) is 0 Å². The normalized spacial score (nSPS) is 11.5. The molecule has 0 saturated carbocycles.